The summed E-state index contributed by atoms with van der Waals surface area (Å²) in [6.07, 6.45) is 1.20. The van der Waals surface area contributed by atoms with Gasteiger partial charge in [0.1, 0.15) is 5.75 Å². The minimum absolute atomic E-state index is 0.129. The Balaban J connectivity index is 2.14. The van der Waals surface area contributed by atoms with E-state index in [9.17, 15) is 4.79 Å². The normalized spacial score (nSPS) is 10.5. The Morgan fingerprint density at radius 1 is 1.23 bits per heavy atom. The van der Waals surface area contributed by atoms with Gasteiger partial charge in [-0.2, -0.15) is 0 Å². The molecule has 0 spiro atoms. The highest BCUT2D eigenvalue weighted by Crippen LogP contribution is 2.22. The first-order valence-corrected chi connectivity index (χ1v) is 8.24. The molecule has 1 aromatic carbocycles. The van der Waals surface area contributed by atoms with Crippen LogP contribution in [0.15, 0.2) is 41.8 Å². The number of methoxy groups -OCH3 is 1. The molecule has 2 aromatic rings. The van der Waals surface area contributed by atoms with Crippen molar-refractivity contribution in [3.63, 3.8) is 0 Å². The van der Waals surface area contributed by atoms with E-state index < -0.39 is 0 Å². The Morgan fingerprint density at radius 2 is 2.05 bits per heavy atom. The van der Waals surface area contributed by atoms with E-state index in [-0.39, 0.29) is 5.91 Å². The number of ether oxygens (including phenoxy) is 1. The zero-order valence-corrected chi connectivity index (χ0v) is 13.6. The van der Waals surface area contributed by atoms with E-state index in [1.54, 1.807) is 18.4 Å². The first-order valence-electron chi connectivity index (χ1n) is 7.36. The third-order valence-electron chi connectivity index (χ3n) is 3.43. The molecule has 1 amide bonds. The molecule has 1 aromatic heterocycles. The molecule has 0 radical (unpaired) electrons. The van der Waals surface area contributed by atoms with Gasteiger partial charge in [0.05, 0.1) is 13.7 Å². The summed E-state index contributed by atoms with van der Waals surface area (Å²) in [7, 11) is 1.65. The van der Waals surface area contributed by atoms with Crippen molar-refractivity contribution >= 4 is 17.2 Å². The molecule has 0 fully saturated rings. The monoisotopic (exact) mass is 318 g/mol. The number of para-hydroxylation sites is 1. The largest absolute Gasteiger partial charge is 0.496 e. The molecule has 2 rings (SSSR count). The molecule has 0 saturated carbocycles. The topological polar surface area (TPSA) is 55.6 Å². The van der Waals surface area contributed by atoms with Crippen molar-refractivity contribution in [1.29, 1.82) is 0 Å². The van der Waals surface area contributed by atoms with Crippen LogP contribution >= 0.6 is 11.3 Å². The molecule has 0 aliphatic carbocycles. The molecule has 0 atom stereocenters. The highest BCUT2D eigenvalue weighted by molar-refractivity contribution is 7.09. The van der Waals surface area contributed by atoms with Crippen LogP contribution in [-0.4, -0.2) is 24.5 Å². The first kappa shape index (κ1) is 16.5. The molecule has 0 aliphatic heterocycles. The zero-order chi connectivity index (χ0) is 15.8. The summed E-state index contributed by atoms with van der Waals surface area (Å²) in [6, 6.07) is 11.9. The molecular weight excluding hydrogens is 296 g/mol. The smallest absolute Gasteiger partial charge is 0.223 e. The van der Waals surface area contributed by atoms with E-state index in [1.165, 1.54) is 4.88 Å². The van der Waals surface area contributed by atoms with E-state index in [0.717, 1.165) is 11.3 Å². The van der Waals surface area contributed by atoms with Gasteiger partial charge in [-0.1, -0.05) is 24.3 Å². The lowest BCUT2D eigenvalue weighted by Gasteiger charge is -2.23. The number of hydrogen-bond donors (Lipinski definition) is 1. The lowest BCUT2D eigenvalue weighted by atomic mass is 10.1. The van der Waals surface area contributed by atoms with Gasteiger partial charge < -0.3 is 15.4 Å². The number of carbonyl (C=O) groups is 1. The van der Waals surface area contributed by atoms with E-state index in [4.69, 9.17) is 10.5 Å². The number of carbonyl (C=O) groups excluding carboxylic acids is 1. The molecule has 0 aliphatic rings. The summed E-state index contributed by atoms with van der Waals surface area (Å²) in [5, 5.41) is 2.03. The number of nitrogens with two attached hydrogens (primary N) is 1. The second kappa shape index (κ2) is 8.56. The molecule has 22 heavy (non-hydrogen) atoms. The van der Waals surface area contributed by atoms with Gasteiger partial charge in [-0.15, -0.1) is 11.3 Å². The van der Waals surface area contributed by atoms with Crippen LogP contribution in [0.5, 0.6) is 5.75 Å². The van der Waals surface area contributed by atoms with Crippen LogP contribution in [0.25, 0.3) is 0 Å². The maximum absolute atomic E-state index is 12.5. The van der Waals surface area contributed by atoms with E-state index >= 15 is 0 Å². The Hall–Kier alpha value is -1.85. The predicted molar refractivity (Wildman–Crippen MR) is 89.9 cm³/mol. The van der Waals surface area contributed by atoms with Gasteiger partial charge in [0.25, 0.3) is 0 Å². The Bertz CT molecular complexity index is 584. The predicted octanol–water partition coefficient (Wildman–Crippen LogP) is 3.02. The quantitative estimate of drug-likeness (QED) is 0.814. The van der Waals surface area contributed by atoms with Crippen LogP contribution in [0.4, 0.5) is 0 Å². The van der Waals surface area contributed by atoms with Crippen molar-refractivity contribution in [3.05, 3.63) is 52.2 Å². The molecular formula is C17H22N2O2S. The number of rotatable bonds is 8. The number of benzene rings is 1. The van der Waals surface area contributed by atoms with Gasteiger partial charge in [-0.05, 0) is 30.5 Å². The highest BCUT2D eigenvalue weighted by Gasteiger charge is 2.16. The van der Waals surface area contributed by atoms with Crippen LogP contribution in [0.2, 0.25) is 0 Å². The maximum atomic E-state index is 12.5. The second-order valence-electron chi connectivity index (χ2n) is 5.03. The third kappa shape index (κ3) is 4.58. The number of nitrogens with zero attached hydrogens (tertiary/aromatic N) is 1. The molecule has 5 heteroatoms. The fourth-order valence-electron chi connectivity index (χ4n) is 2.27. The zero-order valence-electron chi connectivity index (χ0n) is 12.8. The summed E-state index contributed by atoms with van der Waals surface area (Å²) in [6.45, 7) is 1.71. The summed E-state index contributed by atoms with van der Waals surface area (Å²) in [5.74, 6) is 0.940. The highest BCUT2D eigenvalue weighted by atomic mass is 32.1. The van der Waals surface area contributed by atoms with Crippen LogP contribution in [0.1, 0.15) is 23.3 Å². The van der Waals surface area contributed by atoms with Crippen molar-refractivity contribution in [3.8, 4) is 5.75 Å². The lowest BCUT2D eigenvalue weighted by molar-refractivity contribution is -0.132. The lowest BCUT2D eigenvalue weighted by Crippen LogP contribution is -2.30. The van der Waals surface area contributed by atoms with Gasteiger partial charge in [0, 0.05) is 23.4 Å². The van der Waals surface area contributed by atoms with Gasteiger partial charge in [0.15, 0.2) is 0 Å². The maximum Gasteiger partial charge on any atom is 0.223 e. The third-order valence-corrected chi connectivity index (χ3v) is 4.29. The number of thiophene rings is 1. The van der Waals surface area contributed by atoms with Crippen LogP contribution in [0, 0.1) is 0 Å². The molecule has 0 unspecified atom stereocenters. The molecule has 0 bridgehead atoms. The number of amides is 1. The van der Waals surface area contributed by atoms with Gasteiger partial charge in [-0.25, -0.2) is 0 Å². The number of hydrogen-bond acceptors (Lipinski definition) is 4. The summed E-state index contributed by atoms with van der Waals surface area (Å²) < 4.78 is 5.39. The molecule has 2 N–H and O–H groups in total. The minimum atomic E-state index is 0.129. The Kier molecular flexibility index (Phi) is 6.43. The standard InChI is InChI=1S/C17H22N2O2S/c1-21-16-8-3-2-6-14(16)12-19(17(20)9-4-10-18)13-15-7-5-11-22-15/h2-3,5-8,11H,4,9-10,12-13,18H2,1H3. The van der Waals surface area contributed by atoms with Gasteiger partial charge in [-0.3, -0.25) is 4.79 Å². The molecule has 118 valence electrons. The average Bonchev–Trinajstić information content (AvgIpc) is 3.05. The summed E-state index contributed by atoms with van der Waals surface area (Å²) in [5.41, 5.74) is 6.54. The molecule has 0 saturated heterocycles. The van der Waals surface area contributed by atoms with Crippen LogP contribution in [-0.2, 0) is 17.9 Å². The molecule has 1 heterocycles. The second-order valence-corrected chi connectivity index (χ2v) is 6.07. The first-order chi connectivity index (χ1) is 10.7. The molecule has 4 nitrogen and oxygen atoms in total. The van der Waals surface area contributed by atoms with Crippen molar-refractivity contribution in [1.82, 2.24) is 4.90 Å². The van der Waals surface area contributed by atoms with E-state index in [2.05, 4.69) is 6.07 Å². The van der Waals surface area contributed by atoms with Crippen molar-refractivity contribution in [2.45, 2.75) is 25.9 Å². The fourth-order valence-corrected chi connectivity index (χ4v) is 2.99. The summed E-state index contributed by atoms with van der Waals surface area (Å²) >= 11 is 1.66. The Labute approximate surface area is 135 Å². The average molecular weight is 318 g/mol. The SMILES string of the molecule is COc1ccccc1CN(Cc1cccs1)C(=O)CCCN. The van der Waals surface area contributed by atoms with Crippen LogP contribution < -0.4 is 10.5 Å². The van der Waals surface area contributed by atoms with E-state index in [0.29, 0.717) is 32.5 Å². The van der Waals surface area contributed by atoms with Crippen molar-refractivity contribution in [2.75, 3.05) is 13.7 Å². The fraction of sp³-hybridized carbons (Fsp3) is 0.353. The van der Waals surface area contributed by atoms with Gasteiger partial charge in [0.2, 0.25) is 5.91 Å². The summed E-state index contributed by atoms with van der Waals surface area (Å²) in [4.78, 5) is 15.5. The van der Waals surface area contributed by atoms with E-state index in [1.807, 2.05) is 40.6 Å². The van der Waals surface area contributed by atoms with Crippen molar-refractivity contribution < 1.29 is 9.53 Å². The van der Waals surface area contributed by atoms with Crippen molar-refractivity contribution in [2.24, 2.45) is 5.73 Å². The Morgan fingerprint density at radius 3 is 2.73 bits per heavy atom. The van der Waals surface area contributed by atoms with Crippen LogP contribution in [0.3, 0.4) is 0 Å². The minimum Gasteiger partial charge on any atom is -0.496 e. The van der Waals surface area contributed by atoms with Gasteiger partial charge >= 0.3 is 0 Å².